The van der Waals surface area contributed by atoms with Gasteiger partial charge in [0.15, 0.2) is 0 Å². The van der Waals surface area contributed by atoms with Crippen molar-refractivity contribution < 1.29 is 17.9 Å². The van der Waals surface area contributed by atoms with Gasteiger partial charge < -0.3 is 0 Å². The average Bonchev–Trinajstić information content (AvgIpc) is 3.16. The van der Waals surface area contributed by atoms with Crippen LogP contribution in [0.3, 0.4) is 0 Å². The molecule has 1 N–H and O–H groups in total. The summed E-state index contributed by atoms with van der Waals surface area (Å²) in [6, 6.07) is 6.02. The van der Waals surface area contributed by atoms with E-state index in [9.17, 15) is 13.2 Å². The Balaban J connectivity index is 1.38. The van der Waals surface area contributed by atoms with Crippen molar-refractivity contribution in [2.75, 3.05) is 31.6 Å². The molecule has 10 heteroatoms. The molecule has 2 unspecified atom stereocenters. The molecule has 146 valence electrons. The second-order valence-electron chi connectivity index (χ2n) is 7.49. The van der Waals surface area contributed by atoms with Crippen LogP contribution in [-0.4, -0.2) is 72.4 Å². The summed E-state index contributed by atoms with van der Waals surface area (Å²) in [6.07, 6.45) is 2.15. The molecule has 2 saturated heterocycles. The van der Waals surface area contributed by atoms with Crippen LogP contribution in [0.2, 0.25) is 0 Å². The van der Waals surface area contributed by atoms with Gasteiger partial charge in [0, 0.05) is 0 Å². The number of hydrogen-bond donors (Lipinski definition) is 1. The number of piperidine rings is 1. The fourth-order valence-corrected chi connectivity index (χ4v) is 6.56. The van der Waals surface area contributed by atoms with Gasteiger partial charge in [-0.25, -0.2) is 0 Å². The number of halogens is 4. The van der Waals surface area contributed by atoms with E-state index in [1.165, 1.54) is 0 Å². The molecule has 5 rings (SSSR count). The number of nitrogens with one attached hydrogen (secondary N) is 1. The third-order valence-electron chi connectivity index (χ3n) is 5.84. The summed E-state index contributed by atoms with van der Waals surface area (Å²) in [5, 5.41) is 3.86. The van der Waals surface area contributed by atoms with Gasteiger partial charge in [-0.3, -0.25) is 0 Å². The van der Waals surface area contributed by atoms with Gasteiger partial charge in [0.25, 0.3) is 0 Å². The van der Waals surface area contributed by atoms with Crippen molar-refractivity contribution in [1.82, 2.24) is 14.5 Å². The fourth-order valence-electron chi connectivity index (χ4n) is 4.20. The van der Waals surface area contributed by atoms with Crippen LogP contribution in [0.5, 0.6) is 0 Å². The van der Waals surface area contributed by atoms with Crippen LogP contribution in [0, 0.1) is 9.62 Å². The molecule has 1 saturated carbocycles. The van der Waals surface area contributed by atoms with E-state index in [1.54, 1.807) is 10.6 Å². The third-order valence-corrected chi connectivity index (χ3v) is 9.17. The van der Waals surface area contributed by atoms with Crippen LogP contribution < -0.4 is 9.78 Å². The summed E-state index contributed by atoms with van der Waals surface area (Å²) in [5.41, 5.74) is 0.613. The predicted octanol–water partition coefficient (Wildman–Crippen LogP) is 2.06. The Morgan fingerprint density at radius 1 is 1.33 bits per heavy atom. The third kappa shape index (κ3) is 3.37. The minimum absolute atomic E-state index is 0.0576. The number of rotatable bonds is 4. The Labute approximate surface area is 174 Å². The number of hydrogen-bond acceptors (Lipinski definition) is 4. The Morgan fingerprint density at radius 2 is 2.15 bits per heavy atom. The summed E-state index contributed by atoms with van der Waals surface area (Å²) in [7, 11) is 0. The van der Waals surface area contributed by atoms with Crippen molar-refractivity contribution in [1.29, 1.82) is 0 Å². The molecule has 0 amide bonds. The van der Waals surface area contributed by atoms with Gasteiger partial charge in [0.1, 0.15) is 0 Å². The standard InChI is InChI=1S/C17H18F3IN4OSe/c18-17(19,20)27-14-12-2-1-3-13(25(12)23-15(14)21)22-16-4-5-24(7-10(16)6-16)11-8-26-9-11/h1-3,10-11,22H,4-9H2. The van der Waals surface area contributed by atoms with Crippen LogP contribution in [0.1, 0.15) is 12.8 Å². The van der Waals surface area contributed by atoms with E-state index in [1.807, 2.05) is 34.7 Å². The number of aromatic nitrogens is 2. The zero-order chi connectivity index (χ0) is 18.8. The van der Waals surface area contributed by atoms with Gasteiger partial charge in [-0.05, 0) is 0 Å². The SMILES string of the molecule is FC(F)(F)[Se]c1c(I)nn2c(NC34CCN(C5COC5)CC3C4)cccc12. The number of fused-ring (bicyclic) bond motifs is 2. The van der Waals surface area contributed by atoms with E-state index in [4.69, 9.17) is 4.74 Å². The topological polar surface area (TPSA) is 41.8 Å². The van der Waals surface area contributed by atoms with Gasteiger partial charge in [0.05, 0.1) is 0 Å². The summed E-state index contributed by atoms with van der Waals surface area (Å²) in [6.45, 7) is 3.77. The molecule has 2 aliphatic heterocycles. The summed E-state index contributed by atoms with van der Waals surface area (Å²) in [4.78, 5) is 2.52. The monoisotopic (exact) mass is 558 g/mol. The van der Waals surface area contributed by atoms with E-state index in [0.29, 0.717) is 25.6 Å². The minimum atomic E-state index is -4.18. The fraction of sp³-hybridized carbons (Fsp3) is 0.588. The number of anilines is 1. The average molecular weight is 557 g/mol. The molecule has 4 heterocycles. The molecular weight excluding hydrogens is 539 g/mol. The zero-order valence-corrected chi connectivity index (χ0v) is 18.2. The second-order valence-corrected chi connectivity index (χ2v) is 10.8. The van der Waals surface area contributed by atoms with Crippen molar-refractivity contribution in [3.8, 4) is 0 Å². The van der Waals surface area contributed by atoms with Crippen LogP contribution in [0.15, 0.2) is 18.2 Å². The van der Waals surface area contributed by atoms with Gasteiger partial charge in [-0.15, -0.1) is 0 Å². The van der Waals surface area contributed by atoms with Gasteiger partial charge >= 0.3 is 175 Å². The predicted molar refractivity (Wildman–Crippen MR) is 105 cm³/mol. The molecule has 0 aromatic carbocycles. The van der Waals surface area contributed by atoms with Crippen LogP contribution in [0.25, 0.3) is 5.52 Å². The first-order chi connectivity index (χ1) is 12.8. The second kappa shape index (κ2) is 6.48. The van der Waals surface area contributed by atoms with E-state index in [-0.39, 0.29) is 5.54 Å². The Hall–Kier alpha value is -0.551. The molecule has 1 aliphatic carbocycles. The quantitative estimate of drug-likeness (QED) is 0.462. The summed E-state index contributed by atoms with van der Waals surface area (Å²) in [5.74, 6) is 1.37. The number of nitrogens with zero attached hydrogens (tertiary/aromatic N) is 3. The molecule has 2 atom stereocenters. The molecule has 3 aliphatic rings. The summed E-state index contributed by atoms with van der Waals surface area (Å²) < 4.78 is 46.6. The Bertz CT molecular complexity index is 887. The van der Waals surface area contributed by atoms with E-state index < -0.39 is 20.0 Å². The van der Waals surface area contributed by atoms with Crippen molar-refractivity contribution in [3.63, 3.8) is 0 Å². The van der Waals surface area contributed by atoms with E-state index in [0.717, 1.165) is 45.0 Å². The molecule has 2 aromatic rings. The molecule has 3 fully saturated rings. The Morgan fingerprint density at radius 3 is 2.81 bits per heavy atom. The van der Waals surface area contributed by atoms with Crippen molar-refractivity contribution >= 4 is 53.3 Å². The van der Waals surface area contributed by atoms with Crippen LogP contribution >= 0.6 is 22.6 Å². The van der Waals surface area contributed by atoms with Crippen molar-refractivity contribution in [2.24, 2.45) is 5.92 Å². The number of alkyl halides is 3. The maximum atomic E-state index is 13.0. The molecular formula is C17H18F3IN4OSe. The zero-order valence-electron chi connectivity index (χ0n) is 14.3. The van der Waals surface area contributed by atoms with Gasteiger partial charge in [0.2, 0.25) is 0 Å². The number of likely N-dealkylation sites (tertiary alicyclic amines) is 1. The molecule has 0 bridgehead atoms. The van der Waals surface area contributed by atoms with Gasteiger partial charge in [-0.2, -0.15) is 0 Å². The summed E-state index contributed by atoms with van der Waals surface area (Å²) >= 11 is 0.316. The molecule has 0 spiro atoms. The first kappa shape index (κ1) is 18.5. The van der Waals surface area contributed by atoms with E-state index >= 15 is 0 Å². The van der Waals surface area contributed by atoms with Crippen LogP contribution in [0.4, 0.5) is 19.0 Å². The normalized spacial score (nSPS) is 28.8. The maximum absolute atomic E-state index is 13.0. The number of pyridine rings is 1. The van der Waals surface area contributed by atoms with Crippen molar-refractivity contribution in [2.45, 2.75) is 29.5 Å². The molecule has 2 aromatic heterocycles. The first-order valence-electron chi connectivity index (χ1n) is 8.88. The number of ether oxygens (including phenoxy) is 1. The molecule has 0 radical (unpaired) electrons. The van der Waals surface area contributed by atoms with E-state index in [2.05, 4.69) is 15.3 Å². The van der Waals surface area contributed by atoms with Gasteiger partial charge in [-0.1, -0.05) is 0 Å². The Kier molecular flexibility index (Phi) is 4.43. The van der Waals surface area contributed by atoms with Crippen LogP contribution in [-0.2, 0) is 4.74 Å². The molecule has 5 nitrogen and oxygen atoms in total. The van der Waals surface area contributed by atoms with Crippen molar-refractivity contribution in [3.05, 3.63) is 21.9 Å². The first-order valence-corrected chi connectivity index (χ1v) is 11.7. The molecule has 27 heavy (non-hydrogen) atoms.